The minimum absolute atomic E-state index is 0.246. The number of rotatable bonds is 9. The Morgan fingerprint density at radius 3 is 2.10 bits per heavy atom. The van der Waals surface area contributed by atoms with Crippen molar-refractivity contribution in [2.45, 2.75) is 41.0 Å². The summed E-state index contributed by atoms with van der Waals surface area (Å²) in [5.41, 5.74) is 3.27. The maximum Gasteiger partial charge on any atom is 0.164 e. The molecule has 0 aliphatic carbocycles. The van der Waals surface area contributed by atoms with E-state index in [2.05, 4.69) is 50.5 Å². The molecule has 3 nitrogen and oxygen atoms in total. The molecule has 1 rings (SSSR count). The second kappa shape index (κ2) is 8.83. The third-order valence-electron chi connectivity index (χ3n) is 4.17. The normalized spacial score (nSPS) is 11.0. The van der Waals surface area contributed by atoms with E-state index in [1.807, 2.05) is 12.1 Å². The number of nitrogens with zero attached hydrogens (tertiary/aromatic N) is 2. The van der Waals surface area contributed by atoms with Crippen LogP contribution in [0.4, 0.5) is 5.69 Å². The fourth-order valence-electron chi connectivity index (χ4n) is 2.69. The van der Waals surface area contributed by atoms with Gasteiger partial charge in [0.2, 0.25) is 0 Å². The van der Waals surface area contributed by atoms with E-state index in [0.717, 1.165) is 38.3 Å². The van der Waals surface area contributed by atoms with E-state index >= 15 is 0 Å². The van der Waals surface area contributed by atoms with Crippen LogP contribution in [0.15, 0.2) is 18.2 Å². The monoisotopic (exact) mass is 290 g/mol. The quantitative estimate of drug-likeness (QED) is 0.647. The highest BCUT2D eigenvalue weighted by molar-refractivity contribution is 5.96. The molecule has 21 heavy (non-hydrogen) atoms. The zero-order valence-electron chi connectivity index (χ0n) is 14.3. The zero-order valence-corrected chi connectivity index (χ0v) is 14.3. The molecule has 0 aliphatic rings. The Bertz CT molecular complexity index is 449. The van der Waals surface area contributed by atoms with Gasteiger partial charge in [-0.05, 0) is 57.6 Å². The summed E-state index contributed by atoms with van der Waals surface area (Å²) >= 11 is 0. The fraction of sp³-hybridized carbons (Fsp3) is 0.611. The van der Waals surface area contributed by atoms with Gasteiger partial charge in [0.1, 0.15) is 0 Å². The van der Waals surface area contributed by atoms with Gasteiger partial charge in [0, 0.05) is 37.3 Å². The average Bonchev–Trinajstić information content (AvgIpc) is 2.50. The van der Waals surface area contributed by atoms with Crippen molar-refractivity contribution in [2.75, 3.05) is 37.6 Å². The molecule has 0 N–H and O–H groups in total. The third kappa shape index (κ3) is 4.85. The third-order valence-corrected chi connectivity index (χ3v) is 4.17. The minimum Gasteiger partial charge on any atom is -0.372 e. The summed E-state index contributed by atoms with van der Waals surface area (Å²) in [4.78, 5) is 16.9. The number of carbonyl (C=O) groups excluding carboxylic acids is 1. The lowest BCUT2D eigenvalue weighted by Crippen LogP contribution is -2.26. The topological polar surface area (TPSA) is 23.6 Å². The van der Waals surface area contributed by atoms with Crippen molar-refractivity contribution in [2.24, 2.45) is 0 Å². The summed E-state index contributed by atoms with van der Waals surface area (Å²) < 4.78 is 0. The van der Waals surface area contributed by atoms with Crippen molar-refractivity contribution in [1.29, 1.82) is 0 Å². The Labute approximate surface area is 129 Å². The van der Waals surface area contributed by atoms with Crippen LogP contribution in [-0.4, -0.2) is 43.4 Å². The number of ketones is 1. The number of aryl methyl sites for hydroxylation is 1. The molecule has 0 saturated carbocycles. The lowest BCUT2D eigenvalue weighted by molar-refractivity contribution is 0.0966. The van der Waals surface area contributed by atoms with E-state index in [4.69, 9.17) is 0 Å². The molecule has 0 heterocycles. The molecule has 3 heteroatoms. The Morgan fingerprint density at radius 2 is 1.62 bits per heavy atom. The number of anilines is 1. The summed E-state index contributed by atoms with van der Waals surface area (Å²) in [6.07, 6.45) is 0.603. The first-order chi connectivity index (χ1) is 10.1. The Morgan fingerprint density at radius 1 is 1.00 bits per heavy atom. The highest BCUT2D eigenvalue weighted by atomic mass is 16.1. The number of benzene rings is 1. The molecule has 0 atom stereocenters. The van der Waals surface area contributed by atoms with Gasteiger partial charge in [-0.15, -0.1) is 0 Å². The van der Waals surface area contributed by atoms with Gasteiger partial charge in [-0.1, -0.05) is 13.8 Å². The van der Waals surface area contributed by atoms with Crippen molar-refractivity contribution in [3.63, 3.8) is 0 Å². The summed E-state index contributed by atoms with van der Waals surface area (Å²) in [6, 6.07) is 6.11. The van der Waals surface area contributed by atoms with Crippen molar-refractivity contribution < 1.29 is 4.79 Å². The van der Waals surface area contributed by atoms with E-state index in [-0.39, 0.29) is 5.78 Å². The Hall–Kier alpha value is -1.35. The van der Waals surface area contributed by atoms with Crippen LogP contribution >= 0.6 is 0 Å². The van der Waals surface area contributed by atoms with Crippen molar-refractivity contribution in [3.8, 4) is 0 Å². The van der Waals surface area contributed by atoms with Crippen molar-refractivity contribution in [3.05, 3.63) is 29.3 Å². The highest BCUT2D eigenvalue weighted by Crippen LogP contribution is 2.21. The summed E-state index contributed by atoms with van der Waals surface area (Å²) in [7, 11) is 0. The van der Waals surface area contributed by atoms with Gasteiger partial charge < -0.3 is 9.80 Å². The van der Waals surface area contributed by atoms with Crippen LogP contribution < -0.4 is 4.90 Å². The molecule has 0 aromatic heterocycles. The van der Waals surface area contributed by atoms with Crippen LogP contribution in [0.1, 0.15) is 50.0 Å². The van der Waals surface area contributed by atoms with Crippen molar-refractivity contribution >= 4 is 11.5 Å². The van der Waals surface area contributed by atoms with Gasteiger partial charge >= 0.3 is 0 Å². The van der Waals surface area contributed by atoms with Crippen LogP contribution in [-0.2, 0) is 0 Å². The summed E-state index contributed by atoms with van der Waals surface area (Å²) in [5, 5.41) is 0. The van der Waals surface area contributed by atoms with Crippen molar-refractivity contribution in [1.82, 2.24) is 4.90 Å². The van der Waals surface area contributed by atoms with Crippen LogP contribution in [0.2, 0.25) is 0 Å². The Balaban J connectivity index is 2.76. The first kappa shape index (κ1) is 17.7. The van der Waals surface area contributed by atoms with Crippen LogP contribution in [0.3, 0.4) is 0 Å². The summed E-state index contributed by atoms with van der Waals surface area (Å²) in [5.74, 6) is 0.246. The molecule has 0 unspecified atom stereocenters. The van der Waals surface area contributed by atoms with Gasteiger partial charge in [0.15, 0.2) is 5.78 Å². The second-order valence-electron chi connectivity index (χ2n) is 5.37. The molecule has 0 aliphatic heterocycles. The average molecular weight is 290 g/mol. The second-order valence-corrected chi connectivity index (χ2v) is 5.37. The molecule has 118 valence electrons. The molecular weight excluding hydrogens is 260 g/mol. The van der Waals surface area contributed by atoms with E-state index in [9.17, 15) is 4.79 Å². The highest BCUT2D eigenvalue weighted by Gasteiger charge is 2.11. The number of hydrogen-bond acceptors (Lipinski definition) is 3. The first-order valence-electron chi connectivity index (χ1n) is 8.18. The summed E-state index contributed by atoms with van der Waals surface area (Å²) in [6.45, 7) is 15.5. The van der Waals surface area contributed by atoms with Gasteiger partial charge in [-0.2, -0.15) is 0 Å². The van der Waals surface area contributed by atoms with Crippen LogP contribution in [0.25, 0.3) is 0 Å². The molecular formula is C18H30N2O. The minimum atomic E-state index is 0.246. The predicted molar refractivity (Wildman–Crippen MR) is 91.5 cm³/mol. The van der Waals surface area contributed by atoms with Gasteiger partial charge in [0.05, 0.1) is 0 Å². The molecule has 0 fully saturated rings. The number of hydrogen-bond donors (Lipinski definition) is 0. The molecule has 1 aromatic rings. The SMILES string of the molecule is CCN(CC)CCC(=O)c1ccc(N(CC)CC)c(C)c1. The maximum absolute atomic E-state index is 12.3. The smallest absolute Gasteiger partial charge is 0.164 e. The van der Waals surface area contributed by atoms with Gasteiger partial charge in [-0.3, -0.25) is 4.79 Å². The van der Waals surface area contributed by atoms with Gasteiger partial charge in [0.25, 0.3) is 0 Å². The fourth-order valence-corrected chi connectivity index (χ4v) is 2.69. The predicted octanol–water partition coefficient (Wildman–Crippen LogP) is 3.76. The van der Waals surface area contributed by atoms with Gasteiger partial charge in [-0.25, -0.2) is 0 Å². The molecule has 1 aromatic carbocycles. The van der Waals surface area contributed by atoms with E-state index < -0.39 is 0 Å². The first-order valence-corrected chi connectivity index (χ1v) is 8.18. The molecule has 0 spiro atoms. The van der Waals surface area contributed by atoms with E-state index in [1.54, 1.807) is 0 Å². The lowest BCUT2D eigenvalue weighted by Gasteiger charge is -2.23. The van der Waals surface area contributed by atoms with E-state index in [1.165, 1.54) is 11.3 Å². The Kier molecular flexibility index (Phi) is 7.44. The molecule has 0 radical (unpaired) electrons. The van der Waals surface area contributed by atoms with E-state index in [0.29, 0.717) is 6.42 Å². The lowest BCUT2D eigenvalue weighted by atomic mass is 10.0. The molecule has 0 bridgehead atoms. The number of carbonyl (C=O) groups is 1. The van der Waals surface area contributed by atoms with Crippen LogP contribution in [0, 0.1) is 6.92 Å². The molecule has 0 saturated heterocycles. The number of Topliss-reactive ketones (excluding diaryl/α,β-unsaturated/α-hetero) is 1. The molecule has 0 amide bonds. The standard InChI is InChI=1S/C18H30N2O/c1-6-19(7-2)13-12-18(21)16-10-11-17(15(5)14-16)20(8-3)9-4/h10-11,14H,6-9,12-13H2,1-5H3. The zero-order chi connectivity index (χ0) is 15.8. The maximum atomic E-state index is 12.3. The van der Waals surface area contributed by atoms with Crippen LogP contribution in [0.5, 0.6) is 0 Å². The largest absolute Gasteiger partial charge is 0.372 e.